The maximum absolute atomic E-state index is 8.84. The second-order valence-electron chi connectivity index (χ2n) is 4.21. The molecule has 0 aromatic carbocycles. The molecule has 4 atom stereocenters. The summed E-state index contributed by atoms with van der Waals surface area (Å²) in [4.78, 5) is 0. The normalized spacial score (nSPS) is 46.7. The Kier molecular flexibility index (Phi) is 2.06. The highest BCUT2D eigenvalue weighted by Crippen LogP contribution is 2.40. The predicted octanol–water partition coefficient (Wildman–Crippen LogP) is 1.82. The van der Waals surface area contributed by atoms with Crippen LogP contribution in [0.2, 0.25) is 0 Å². The fourth-order valence-corrected chi connectivity index (χ4v) is 2.56. The maximum Gasteiger partial charge on any atom is 0.0656 e. The van der Waals surface area contributed by atoms with Gasteiger partial charge >= 0.3 is 0 Å². The fourth-order valence-electron chi connectivity index (χ4n) is 2.56. The van der Waals surface area contributed by atoms with Crippen LogP contribution in [0, 0.1) is 35.0 Å². The lowest BCUT2D eigenvalue weighted by Crippen LogP contribution is -2.40. The Hall–Kier alpha value is -0.550. The third-order valence-electron chi connectivity index (χ3n) is 3.51. The standard InChI is InChI=1S/C10H15NO/c1-7-9-2-8(4-11)3-10(7)6-12-5-9/h7-10H,2-3,5-6H2,1H3/t7?,8?,9-,10+. The number of ether oxygens (including phenoxy) is 1. The zero-order chi connectivity index (χ0) is 8.55. The van der Waals surface area contributed by atoms with E-state index in [1.807, 2.05) is 0 Å². The zero-order valence-electron chi connectivity index (χ0n) is 7.49. The monoisotopic (exact) mass is 165 g/mol. The topological polar surface area (TPSA) is 33.0 Å². The van der Waals surface area contributed by atoms with Crippen molar-refractivity contribution in [1.82, 2.24) is 0 Å². The smallest absolute Gasteiger partial charge is 0.0656 e. The van der Waals surface area contributed by atoms with Crippen molar-refractivity contribution in [2.24, 2.45) is 23.7 Å². The lowest BCUT2D eigenvalue weighted by atomic mass is 9.68. The first kappa shape index (κ1) is 8.07. The van der Waals surface area contributed by atoms with Crippen molar-refractivity contribution in [1.29, 1.82) is 5.26 Å². The van der Waals surface area contributed by atoms with Crippen LogP contribution in [0.4, 0.5) is 0 Å². The van der Waals surface area contributed by atoms with Crippen LogP contribution >= 0.6 is 0 Å². The van der Waals surface area contributed by atoms with Crippen LogP contribution in [-0.2, 0) is 4.74 Å². The summed E-state index contributed by atoms with van der Waals surface area (Å²) < 4.78 is 5.49. The largest absolute Gasteiger partial charge is 0.381 e. The summed E-state index contributed by atoms with van der Waals surface area (Å²) in [6.07, 6.45) is 2.13. The van der Waals surface area contributed by atoms with E-state index in [1.165, 1.54) is 0 Å². The van der Waals surface area contributed by atoms with Gasteiger partial charge in [0.2, 0.25) is 0 Å². The molecule has 0 amide bonds. The molecule has 0 N–H and O–H groups in total. The summed E-state index contributed by atoms with van der Waals surface area (Å²) in [6, 6.07) is 2.40. The van der Waals surface area contributed by atoms with Crippen molar-refractivity contribution >= 4 is 0 Å². The van der Waals surface area contributed by atoms with Gasteiger partial charge in [-0.25, -0.2) is 0 Å². The van der Waals surface area contributed by atoms with Gasteiger partial charge in [-0.2, -0.15) is 5.26 Å². The van der Waals surface area contributed by atoms with Gasteiger partial charge in [-0.1, -0.05) is 6.92 Å². The predicted molar refractivity (Wildman–Crippen MR) is 45.3 cm³/mol. The van der Waals surface area contributed by atoms with Crippen LogP contribution < -0.4 is 0 Å². The van der Waals surface area contributed by atoms with Gasteiger partial charge in [-0.3, -0.25) is 0 Å². The van der Waals surface area contributed by atoms with Gasteiger partial charge in [0, 0.05) is 19.1 Å². The highest BCUT2D eigenvalue weighted by Gasteiger charge is 2.38. The minimum atomic E-state index is 0.306. The Bertz CT molecular complexity index is 194. The van der Waals surface area contributed by atoms with E-state index in [1.54, 1.807) is 0 Å². The van der Waals surface area contributed by atoms with Crippen molar-refractivity contribution in [2.75, 3.05) is 13.2 Å². The van der Waals surface area contributed by atoms with Crippen LogP contribution in [0.5, 0.6) is 0 Å². The van der Waals surface area contributed by atoms with Crippen molar-refractivity contribution in [3.8, 4) is 6.07 Å². The molecule has 0 spiro atoms. The summed E-state index contributed by atoms with van der Waals surface area (Å²) in [6.45, 7) is 4.08. The van der Waals surface area contributed by atoms with E-state index in [9.17, 15) is 0 Å². The molecule has 1 aliphatic heterocycles. The molecule has 2 heteroatoms. The lowest BCUT2D eigenvalue weighted by Gasteiger charge is -2.42. The van der Waals surface area contributed by atoms with Crippen LogP contribution in [0.1, 0.15) is 19.8 Å². The van der Waals surface area contributed by atoms with E-state index in [0.29, 0.717) is 17.8 Å². The molecule has 2 rings (SSSR count). The quantitative estimate of drug-likeness (QED) is 0.548. The summed E-state index contributed by atoms with van der Waals surface area (Å²) in [5.74, 6) is 2.40. The number of hydrogen-bond donors (Lipinski definition) is 0. The van der Waals surface area contributed by atoms with Crippen LogP contribution in [0.25, 0.3) is 0 Å². The highest BCUT2D eigenvalue weighted by atomic mass is 16.5. The van der Waals surface area contributed by atoms with E-state index in [-0.39, 0.29) is 0 Å². The molecule has 1 saturated carbocycles. The molecule has 1 saturated heterocycles. The molecule has 2 bridgehead atoms. The molecule has 66 valence electrons. The molecule has 2 unspecified atom stereocenters. The number of fused-ring (bicyclic) bond motifs is 2. The van der Waals surface area contributed by atoms with Gasteiger partial charge in [0.25, 0.3) is 0 Å². The maximum atomic E-state index is 8.84. The minimum Gasteiger partial charge on any atom is -0.381 e. The number of nitriles is 1. The van der Waals surface area contributed by atoms with Gasteiger partial charge in [0.05, 0.1) is 6.07 Å². The average Bonchev–Trinajstić information content (AvgIpc) is 2.04. The minimum absolute atomic E-state index is 0.306. The molecule has 2 fully saturated rings. The van der Waals surface area contributed by atoms with Gasteiger partial charge in [0.15, 0.2) is 0 Å². The van der Waals surface area contributed by atoms with E-state index in [2.05, 4.69) is 13.0 Å². The van der Waals surface area contributed by atoms with Crippen LogP contribution in [-0.4, -0.2) is 13.2 Å². The summed E-state index contributed by atoms with van der Waals surface area (Å²) in [7, 11) is 0. The van der Waals surface area contributed by atoms with Crippen molar-refractivity contribution in [3.05, 3.63) is 0 Å². The van der Waals surface area contributed by atoms with Gasteiger partial charge in [-0.15, -0.1) is 0 Å². The fraction of sp³-hybridized carbons (Fsp3) is 0.900. The van der Waals surface area contributed by atoms with E-state index in [4.69, 9.17) is 10.00 Å². The average molecular weight is 165 g/mol. The van der Waals surface area contributed by atoms with E-state index < -0.39 is 0 Å². The van der Waals surface area contributed by atoms with E-state index >= 15 is 0 Å². The van der Waals surface area contributed by atoms with Gasteiger partial charge in [-0.05, 0) is 30.6 Å². The number of hydrogen-bond acceptors (Lipinski definition) is 2. The van der Waals surface area contributed by atoms with Crippen molar-refractivity contribution in [3.63, 3.8) is 0 Å². The summed E-state index contributed by atoms with van der Waals surface area (Å²) >= 11 is 0. The first-order valence-corrected chi connectivity index (χ1v) is 4.78. The summed E-state index contributed by atoms with van der Waals surface area (Å²) in [5, 5.41) is 8.84. The number of nitrogens with zero attached hydrogens (tertiary/aromatic N) is 1. The summed E-state index contributed by atoms with van der Waals surface area (Å²) in [5.41, 5.74) is 0. The molecule has 1 aliphatic carbocycles. The Labute approximate surface area is 73.5 Å². The Morgan fingerprint density at radius 2 is 1.83 bits per heavy atom. The van der Waals surface area contributed by atoms with Crippen LogP contribution in [0.3, 0.4) is 0 Å². The first-order valence-electron chi connectivity index (χ1n) is 4.78. The number of rotatable bonds is 0. The van der Waals surface area contributed by atoms with Crippen molar-refractivity contribution in [2.45, 2.75) is 19.8 Å². The molecule has 0 aromatic rings. The molecular weight excluding hydrogens is 150 g/mol. The Morgan fingerprint density at radius 1 is 1.25 bits per heavy atom. The van der Waals surface area contributed by atoms with Gasteiger partial charge < -0.3 is 4.74 Å². The molecule has 2 nitrogen and oxygen atoms in total. The van der Waals surface area contributed by atoms with E-state index in [0.717, 1.165) is 32.0 Å². The SMILES string of the molecule is CC1[C@@H]2COC[C@H]1CC(C#N)C2. The molecule has 1 heterocycles. The first-order chi connectivity index (χ1) is 5.81. The molecule has 12 heavy (non-hydrogen) atoms. The Balaban J connectivity index is 2.08. The molecule has 2 aliphatic rings. The highest BCUT2D eigenvalue weighted by molar-refractivity contribution is 4.94. The third kappa shape index (κ3) is 1.23. The molecule has 0 aromatic heterocycles. The second kappa shape index (κ2) is 3.06. The van der Waals surface area contributed by atoms with Crippen LogP contribution in [0.15, 0.2) is 0 Å². The molecule has 0 radical (unpaired) electrons. The van der Waals surface area contributed by atoms with Crippen molar-refractivity contribution < 1.29 is 4.74 Å². The Morgan fingerprint density at radius 3 is 2.33 bits per heavy atom. The van der Waals surface area contributed by atoms with Gasteiger partial charge in [0.1, 0.15) is 0 Å². The lowest BCUT2D eigenvalue weighted by molar-refractivity contribution is -0.0580. The third-order valence-corrected chi connectivity index (χ3v) is 3.51. The second-order valence-corrected chi connectivity index (χ2v) is 4.21. The molecular formula is C10H15NO. The zero-order valence-corrected chi connectivity index (χ0v) is 7.49.